The van der Waals surface area contributed by atoms with Crippen LogP contribution in [0.3, 0.4) is 0 Å². The number of halogens is 2. The Morgan fingerprint density at radius 1 is 1.30 bits per heavy atom. The highest BCUT2D eigenvalue weighted by atomic mass is 79.9. The first-order chi connectivity index (χ1) is 9.61. The number of pyridine rings is 1. The molecule has 0 saturated heterocycles. The van der Waals surface area contributed by atoms with Gasteiger partial charge in [0.15, 0.2) is 5.78 Å². The zero-order valence-corrected chi connectivity index (χ0v) is 13.1. The highest BCUT2D eigenvalue weighted by molar-refractivity contribution is 9.10. The van der Waals surface area contributed by atoms with E-state index >= 15 is 0 Å². The number of nitrogens with one attached hydrogen (secondary N) is 1. The van der Waals surface area contributed by atoms with Gasteiger partial charge in [-0.1, -0.05) is 23.7 Å². The van der Waals surface area contributed by atoms with E-state index in [-0.39, 0.29) is 5.78 Å². The average molecular weight is 352 g/mol. The monoisotopic (exact) mass is 350 g/mol. The lowest BCUT2D eigenvalue weighted by Crippen LogP contribution is -2.07. The van der Waals surface area contributed by atoms with Crippen molar-refractivity contribution in [1.82, 2.24) is 10.3 Å². The Labute approximate surface area is 130 Å². The van der Waals surface area contributed by atoms with E-state index in [0.717, 1.165) is 5.56 Å². The van der Waals surface area contributed by atoms with Crippen LogP contribution in [0.5, 0.6) is 0 Å². The minimum absolute atomic E-state index is 0.0973. The maximum atomic E-state index is 12.6. The zero-order valence-electron chi connectivity index (χ0n) is 10.7. The summed E-state index contributed by atoms with van der Waals surface area (Å²) in [4.78, 5) is 16.7. The van der Waals surface area contributed by atoms with Crippen LogP contribution in [-0.4, -0.2) is 17.8 Å². The van der Waals surface area contributed by atoms with Gasteiger partial charge >= 0.3 is 0 Å². The molecule has 0 spiro atoms. The standard InChI is InChI=1S/C15H12BrClN2O/c1-18-9-13(10-5-6-19-14(16)8-10)15(20)11-3-2-4-12(17)7-11/h2-9,18H,1H3/b13-9-. The van der Waals surface area contributed by atoms with Crippen molar-refractivity contribution in [3.8, 4) is 0 Å². The number of carbonyl (C=O) groups is 1. The van der Waals surface area contributed by atoms with E-state index in [9.17, 15) is 4.79 Å². The van der Waals surface area contributed by atoms with Crippen molar-refractivity contribution in [2.75, 3.05) is 7.05 Å². The van der Waals surface area contributed by atoms with Gasteiger partial charge in [0.1, 0.15) is 4.60 Å². The Morgan fingerprint density at radius 3 is 2.75 bits per heavy atom. The molecule has 0 unspecified atom stereocenters. The van der Waals surface area contributed by atoms with E-state index in [1.807, 2.05) is 0 Å². The van der Waals surface area contributed by atoms with Crippen LogP contribution in [0.2, 0.25) is 5.02 Å². The number of allylic oxidation sites excluding steroid dienone is 1. The Hall–Kier alpha value is -1.65. The zero-order chi connectivity index (χ0) is 14.5. The first-order valence-corrected chi connectivity index (χ1v) is 7.08. The molecule has 20 heavy (non-hydrogen) atoms. The van der Waals surface area contributed by atoms with Crippen LogP contribution in [0, 0.1) is 0 Å². The maximum Gasteiger partial charge on any atom is 0.195 e. The SMILES string of the molecule is CN/C=C(\C(=O)c1cccc(Cl)c1)c1ccnc(Br)c1. The largest absolute Gasteiger partial charge is 0.393 e. The summed E-state index contributed by atoms with van der Waals surface area (Å²) in [6, 6.07) is 10.5. The molecule has 0 bridgehead atoms. The number of aromatic nitrogens is 1. The number of ketones is 1. The number of benzene rings is 1. The number of rotatable bonds is 4. The molecule has 2 aromatic rings. The van der Waals surface area contributed by atoms with Crippen LogP contribution in [-0.2, 0) is 0 Å². The maximum absolute atomic E-state index is 12.6. The Kier molecular flexibility index (Phi) is 4.93. The lowest BCUT2D eigenvalue weighted by Gasteiger charge is -2.08. The topological polar surface area (TPSA) is 42.0 Å². The summed E-state index contributed by atoms with van der Waals surface area (Å²) >= 11 is 9.24. The summed E-state index contributed by atoms with van der Waals surface area (Å²) in [6.07, 6.45) is 3.32. The third-order valence-corrected chi connectivity index (χ3v) is 3.33. The molecule has 0 amide bonds. The summed E-state index contributed by atoms with van der Waals surface area (Å²) in [5, 5.41) is 3.44. The molecular weight excluding hydrogens is 340 g/mol. The molecule has 0 saturated carbocycles. The molecule has 5 heteroatoms. The smallest absolute Gasteiger partial charge is 0.195 e. The van der Waals surface area contributed by atoms with Crippen molar-refractivity contribution in [1.29, 1.82) is 0 Å². The summed E-state index contributed by atoms with van der Waals surface area (Å²) < 4.78 is 0.677. The Bertz CT molecular complexity index is 670. The summed E-state index contributed by atoms with van der Waals surface area (Å²) in [5.74, 6) is -0.0973. The van der Waals surface area contributed by atoms with E-state index in [1.54, 1.807) is 55.8 Å². The van der Waals surface area contributed by atoms with E-state index in [1.165, 1.54) is 0 Å². The van der Waals surface area contributed by atoms with Crippen molar-refractivity contribution in [2.24, 2.45) is 0 Å². The Morgan fingerprint density at radius 2 is 2.10 bits per heavy atom. The molecule has 1 N–H and O–H groups in total. The summed E-state index contributed by atoms with van der Waals surface area (Å²) in [6.45, 7) is 0. The van der Waals surface area contributed by atoms with Crippen molar-refractivity contribution in [2.45, 2.75) is 0 Å². The number of carbonyl (C=O) groups excluding carboxylic acids is 1. The molecule has 0 atom stereocenters. The summed E-state index contributed by atoms with van der Waals surface area (Å²) in [5.41, 5.74) is 1.89. The van der Waals surface area contributed by atoms with E-state index in [0.29, 0.717) is 20.8 Å². The molecule has 1 aromatic carbocycles. The highest BCUT2D eigenvalue weighted by Gasteiger charge is 2.15. The fraction of sp³-hybridized carbons (Fsp3) is 0.0667. The fourth-order valence-corrected chi connectivity index (χ4v) is 2.33. The molecule has 102 valence electrons. The van der Waals surface area contributed by atoms with Gasteiger partial charge in [0.05, 0.1) is 0 Å². The predicted molar refractivity (Wildman–Crippen MR) is 84.8 cm³/mol. The minimum Gasteiger partial charge on any atom is -0.393 e. The molecule has 0 radical (unpaired) electrons. The summed E-state index contributed by atoms with van der Waals surface area (Å²) in [7, 11) is 1.75. The highest BCUT2D eigenvalue weighted by Crippen LogP contribution is 2.22. The molecule has 2 rings (SSSR count). The quantitative estimate of drug-likeness (QED) is 0.515. The second-order valence-electron chi connectivity index (χ2n) is 4.05. The van der Waals surface area contributed by atoms with Crippen molar-refractivity contribution in [3.05, 3.63) is 69.5 Å². The second-order valence-corrected chi connectivity index (χ2v) is 5.30. The van der Waals surface area contributed by atoms with Gasteiger partial charge in [-0.05, 0) is 45.8 Å². The lowest BCUT2D eigenvalue weighted by atomic mass is 9.98. The normalized spacial score (nSPS) is 11.2. The van der Waals surface area contributed by atoms with Gasteiger partial charge in [-0.2, -0.15) is 0 Å². The van der Waals surface area contributed by atoms with Crippen LogP contribution < -0.4 is 5.32 Å². The molecule has 1 heterocycles. The number of nitrogens with zero attached hydrogens (tertiary/aromatic N) is 1. The molecule has 3 nitrogen and oxygen atoms in total. The second kappa shape index (κ2) is 6.68. The average Bonchev–Trinajstić information content (AvgIpc) is 2.44. The molecule has 0 fully saturated rings. The van der Waals surface area contributed by atoms with Crippen molar-refractivity contribution in [3.63, 3.8) is 0 Å². The minimum atomic E-state index is -0.0973. The van der Waals surface area contributed by atoms with Crippen LogP contribution in [0.1, 0.15) is 15.9 Å². The third kappa shape index (κ3) is 3.46. The fourth-order valence-electron chi connectivity index (χ4n) is 1.78. The van der Waals surface area contributed by atoms with Crippen LogP contribution >= 0.6 is 27.5 Å². The van der Waals surface area contributed by atoms with Gasteiger partial charge in [0, 0.05) is 35.6 Å². The first kappa shape index (κ1) is 14.8. The molecule has 0 aliphatic heterocycles. The van der Waals surface area contributed by atoms with Crippen molar-refractivity contribution >= 4 is 38.9 Å². The lowest BCUT2D eigenvalue weighted by molar-refractivity contribution is 0.105. The third-order valence-electron chi connectivity index (χ3n) is 2.66. The van der Waals surface area contributed by atoms with E-state index in [4.69, 9.17) is 11.6 Å². The number of hydrogen-bond acceptors (Lipinski definition) is 3. The molecule has 1 aromatic heterocycles. The first-order valence-electron chi connectivity index (χ1n) is 5.91. The van der Waals surface area contributed by atoms with Gasteiger partial charge in [0.2, 0.25) is 0 Å². The van der Waals surface area contributed by atoms with Gasteiger partial charge < -0.3 is 5.32 Å². The van der Waals surface area contributed by atoms with Crippen molar-refractivity contribution < 1.29 is 4.79 Å². The van der Waals surface area contributed by atoms with Gasteiger partial charge in [-0.25, -0.2) is 4.98 Å². The Balaban J connectivity index is 2.44. The molecule has 0 aliphatic carbocycles. The van der Waals surface area contributed by atoms with E-state index < -0.39 is 0 Å². The number of hydrogen-bond donors (Lipinski definition) is 1. The van der Waals surface area contributed by atoms with Crippen LogP contribution in [0.15, 0.2) is 53.4 Å². The molecular formula is C15H12BrClN2O. The van der Waals surface area contributed by atoms with Gasteiger partial charge in [0.25, 0.3) is 0 Å². The van der Waals surface area contributed by atoms with E-state index in [2.05, 4.69) is 26.2 Å². The molecule has 0 aliphatic rings. The van der Waals surface area contributed by atoms with Crippen LogP contribution in [0.25, 0.3) is 5.57 Å². The predicted octanol–water partition coefficient (Wildman–Crippen LogP) is 3.94. The van der Waals surface area contributed by atoms with Gasteiger partial charge in [-0.15, -0.1) is 0 Å². The van der Waals surface area contributed by atoms with Crippen LogP contribution in [0.4, 0.5) is 0 Å². The van der Waals surface area contributed by atoms with Gasteiger partial charge in [-0.3, -0.25) is 4.79 Å². The number of Topliss-reactive ketones (excluding diaryl/α,β-unsaturated/α-hetero) is 1.